The van der Waals surface area contributed by atoms with Gasteiger partial charge in [-0.25, -0.2) is 0 Å². The van der Waals surface area contributed by atoms with Crippen LogP contribution in [-0.4, -0.2) is 29.3 Å². The van der Waals surface area contributed by atoms with Crippen LogP contribution < -0.4 is 5.32 Å². The first-order chi connectivity index (χ1) is 7.92. The van der Waals surface area contributed by atoms with Crippen molar-refractivity contribution in [1.29, 1.82) is 5.41 Å². The van der Waals surface area contributed by atoms with Gasteiger partial charge in [-0.1, -0.05) is 0 Å². The van der Waals surface area contributed by atoms with Crippen molar-refractivity contribution in [1.82, 2.24) is 4.98 Å². The van der Waals surface area contributed by atoms with Crippen LogP contribution in [0.15, 0.2) is 18.3 Å². The van der Waals surface area contributed by atoms with Gasteiger partial charge in [-0.15, -0.1) is 0 Å². The van der Waals surface area contributed by atoms with Gasteiger partial charge in [0, 0.05) is 12.4 Å². The summed E-state index contributed by atoms with van der Waals surface area (Å²) in [7, 11) is 0. The third-order valence-corrected chi connectivity index (χ3v) is 1.82. The van der Waals surface area contributed by atoms with Gasteiger partial charge in [0.25, 0.3) is 0 Å². The fourth-order valence-corrected chi connectivity index (χ4v) is 1.23. The second-order valence-corrected chi connectivity index (χ2v) is 4.52. The quantitative estimate of drug-likeness (QED) is 0.616. The van der Waals surface area contributed by atoms with E-state index in [-0.39, 0.29) is 12.5 Å². The minimum absolute atomic E-state index is 0.0593. The Morgan fingerprint density at radius 2 is 2.29 bits per heavy atom. The number of hydrogen-bond donors (Lipinski definition) is 2. The van der Waals surface area contributed by atoms with E-state index in [9.17, 15) is 4.79 Å². The van der Waals surface area contributed by atoms with E-state index in [0.717, 1.165) is 6.21 Å². The number of ether oxygens (including phenoxy) is 1. The van der Waals surface area contributed by atoms with Crippen LogP contribution in [-0.2, 0) is 9.53 Å². The zero-order chi connectivity index (χ0) is 12.9. The minimum Gasteiger partial charge on any atom is -0.459 e. The molecule has 0 spiro atoms. The molecular weight excluding hydrogens is 218 g/mol. The molecule has 0 atom stereocenters. The highest BCUT2D eigenvalue weighted by Crippen LogP contribution is 2.10. The predicted octanol–water partition coefficient (Wildman–Crippen LogP) is 1.83. The first kappa shape index (κ1) is 13.2. The van der Waals surface area contributed by atoms with Gasteiger partial charge < -0.3 is 15.5 Å². The maximum atomic E-state index is 11.5. The fourth-order valence-electron chi connectivity index (χ4n) is 1.23. The maximum absolute atomic E-state index is 11.5. The number of carbonyl (C=O) groups excluding carboxylic acids is 1. The van der Waals surface area contributed by atoms with Crippen molar-refractivity contribution in [2.24, 2.45) is 0 Å². The predicted molar refractivity (Wildman–Crippen MR) is 66.5 cm³/mol. The van der Waals surface area contributed by atoms with Crippen molar-refractivity contribution in [3.63, 3.8) is 0 Å². The topological polar surface area (TPSA) is 75.1 Å². The largest absolute Gasteiger partial charge is 0.459 e. The Bertz CT molecular complexity index is 410. The van der Waals surface area contributed by atoms with Crippen LogP contribution >= 0.6 is 0 Å². The first-order valence-electron chi connectivity index (χ1n) is 5.33. The zero-order valence-corrected chi connectivity index (χ0v) is 10.3. The molecule has 0 saturated carbocycles. The smallest absolute Gasteiger partial charge is 0.325 e. The van der Waals surface area contributed by atoms with Gasteiger partial charge in [-0.2, -0.15) is 0 Å². The number of nitrogens with one attached hydrogen (secondary N) is 2. The molecule has 0 fully saturated rings. The molecule has 0 amide bonds. The van der Waals surface area contributed by atoms with E-state index in [0.29, 0.717) is 11.4 Å². The van der Waals surface area contributed by atoms with E-state index < -0.39 is 5.60 Å². The standard InChI is InChI=1S/C12H17N3O2/c1-12(2,3)17-11(16)8-15-9-5-4-6-14-10(9)7-13/h4-7,13,15H,8H2,1-3H3. The number of aromatic nitrogens is 1. The van der Waals surface area contributed by atoms with Crippen LogP contribution in [0.3, 0.4) is 0 Å². The van der Waals surface area contributed by atoms with Crippen LogP contribution in [0.5, 0.6) is 0 Å². The van der Waals surface area contributed by atoms with E-state index in [1.807, 2.05) is 20.8 Å². The highest BCUT2D eigenvalue weighted by molar-refractivity contribution is 5.84. The highest BCUT2D eigenvalue weighted by Gasteiger charge is 2.16. The fraction of sp³-hybridized carbons (Fsp3) is 0.417. The zero-order valence-electron chi connectivity index (χ0n) is 10.3. The summed E-state index contributed by atoms with van der Waals surface area (Å²) in [4.78, 5) is 15.5. The normalized spacial score (nSPS) is 10.8. The molecule has 92 valence electrons. The third-order valence-electron chi connectivity index (χ3n) is 1.82. The number of esters is 1. The summed E-state index contributed by atoms with van der Waals surface area (Å²) >= 11 is 0. The molecule has 0 saturated heterocycles. The monoisotopic (exact) mass is 235 g/mol. The van der Waals surface area contributed by atoms with Crippen LogP contribution in [0, 0.1) is 5.41 Å². The van der Waals surface area contributed by atoms with E-state index >= 15 is 0 Å². The summed E-state index contributed by atoms with van der Waals surface area (Å²) in [6.45, 7) is 5.51. The van der Waals surface area contributed by atoms with Crippen LogP contribution in [0.2, 0.25) is 0 Å². The molecule has 5 nitrogen and oxygen atoms in total. The second kappa shape index (κ2) is 5.43. The lowest BCUT2D eigenvalue weighted by atomic mass is 10.2. The summed E-state index contributed by atoms with van der Waals surface area (Å²) in [6.07, 6.45) is 2.73. The molecule has 0 aliphatic carbocycles. The molecule has 2 N–H and O–H groups in total. The molecule has 0 aromatic carbocycles. The summed E-state index contributed by atoms with van der Waals surface area (Å²) in [5.41, 5.74) is 0.655. The van der Waals surface area contributed by atoms with E-state index in [4.69, 9.17) is 10.1 Å². The highest BCUT2D eigenvalue weighted by atomic mass is 16.6. The summed E-state index contributed by atoms with van der Waals surface area (Å²) in [5, 5.41) is 10.1. The van der Waals surface area contributed by atoms with Gasteiger partial charge in [0.05, 0.1) is 5.69 Å². The Morgan fingerprint density at radius 3 is 2.88 bits per heavy atom. The van der Waals surface area contributed by atoms with Crippen molar-refractivity contribution in [2.45, 2.75) is 26.4 Å². The molecule has 1 heterocycles. The molecule has 5 heteroatoms. The van der Waals surface area contributed by atoms with Crippen molar-refractivity contribution >= 4 is 17.9 Å². The van der Waals surface area contributed by atoms with Crippen molar-refractivity contribution in [2.75, 3.05) is 11.9 Å². The second-order valence-electron chi connectivity index (χ2n) is 4.52. The van der Waals surface area contributed by atoms with Gasteiger partial charge in [0.15, 0.2) is 0 Å². The number of pyridine rings is 1. The Kier molecular flexibility index (Phi) is 4.20. The van der Waals surface area contributed by atoms with E-state index in [1.54, 1.807) is 18.3 Å². The van der Waals surface area contributed by atoms with Gasteiger partial charge in [0.1, 0.15) is 17.8 Å². The molecule has 0 aliphatic rings. The Labute approximate surface area is 101 Å². The first-order valence-corrected chi connectivity index (χ1v) is 5.33. The summed E-state index contributed by atoms with van der Waals surface area (Å²) < 4.78 is 5.15. The van der Waals surface area contributed by atoms with Crippen LogP contribution in [0.25, 0.3) is 0 Å². The minimum atomic E-state index is -0.488. The summed E-state index contributed by atoms with van der Waals surface area (Å²) in [6, 6.07) is 3.50. The number of rotatable bonds is 4. The lowest BCUT2D eigenvalue weighted by Gasteiger charge is -2.19. The SMILES string of the molecule is CC(C)(C)OC(=O)CNc1cccnc1C=N. The molecule has 0 radical (unpaired) electrons. The molecule has 1 rings (SSSR count). The molecule has 17 heavy (non-hydrogen) atoms. The van der Waals surface area contributed by atoms with Gasteiger partial charge in [0.2, 0.25) is 0 Å². The average Bonchev–Trinajstić information content (AvgIpc) is 2.24. The molecular formula is C12H17N3O2. The van der Waals surface area contributed by atoms with Crippen molar-refractivity contribution in [3.05, 3.63) is 24.0 Å². The number of nitrogens with zero attached hydrogens (tertiary/aromatic N) is 1. The molecule has 0 aliphatic heterocycles. The van der Waals surface area contributed by atoms with Crippen molar-refractivity contribution < 1.29 is 9.53 Å². The Balaban J connectivity index is 2.56. The van der Waals surface area contributed by atoms with Crippen molar-refractivity contribution in [3.8, 4) is 0 Å². The number of anilines is 1. The maximum Gasteiger partial charge on any atom is 0.325 e. The molecule has 0 bridgehead atoms. The molecule has 1 aromatic rings. The molecule has 1 aromatic heterocycles. The lowest BCUT2D eigenvalue weighted by molar-refractivity contribution is -0.152. The van der Waals surface area contributed by atoms with E-state index in [2.05, 4.69) is 10.3 Å². The van der Waals surface area contributed by atoms with Crippen LogP contribution in [0.4, 0.5) is 5.69 Å². The average molecular weight is 235 g/mol. The Hall–Kier alpha value is -1.91. The number of hydrogen-bond acceptors (Lipinski definition) is 5. The molecule has 0 unspecified atom stereocenters. The van der Waals surface area contributed by atoms with E-state index in [1.165, 1.54) is 0 Å². The third kappa shape index (κ3) is 4.63. The number of carbonyl (C=O) groups is 1. The van der Waals surface area contributed by atoms with Gasteiger partial charge in [-0.05, 0) is 32.9 Å². The van der Waals surface area contributed by atoms with Gasteiger partial charge >= 0.3 is 5.97 Å². The Morgan fingerprint density at radius 1 is 1.59 bits per heavy atom. The van der Waals surface area contributed by atoms with Gasteiger partial charge in [-0.3, -0.25) is 9.78 Å². The summed E-state index contributed by atoms with van der Waals surface area (Å²) in [5.74, 6) is -0.336. The van der Waals surface area contributed by atoms with Crippen LogP contribution in [0.1, 0.15) is 26.5 Å². The lowest BCUT2D eigenvalue weighted by Crippen LogP contribution is -2.28.